The number of halogens is 3. The number of fused-ring (bicyclic) bond motifs is 2. The quantitative estimate of drug-likeness (QED) is 0.444. The first-order chi connectivity index (χ1) is 16.7. The van der Waals surface area contributed by atoms with E-state index in [2.05, 4.69) is 15.3 Å². The summed E-state index contributed by atoms with van der Waals surface area (Å²) >= 11 is 0. The molecule has 0 unspecified atom stereocenters. The van der Waals surface area contributed by atoms with Gasteiger partial charge < -0.3 is 15.3 Å². The van der Waals surface area contributed by atoms with Gasteiger partial charge in [-0.3, -0.25) is 9.20 Å². The first-order valence-corrected chi connectivity index (χ1v) is 10.6. The molecule has 0 saturated carbocycles. The van der Waals surface area contributed by atoms with Crippen LogP contribution in [-0.4, -0.2) is 31.6 Å². The fraction of sp³-hybridized carbons (Fsp3) is 0.167. The number of benzene rings is 1. The molecule has 2 N–H and O–H groups in total. The second-order valence-electron chi connectivity index (χ2n) is 8.06. The lowest BCUT2D eigenvalue weighted by atomic mass is 10.1. The minimum atomic E-state index is -4.84. The number of carboxylic acid groups (broad SMARTS) is 1. The Hall–Kier alpha value is -4.41. The molecule has 0 saturated heterocycles. The van der Waals surface area contributed by atoms with Crippen molar-refractivity contribution in [2.24, 2.45) is 0 Å². The number of carbonyl (C=O) groups is 1. The van der Waals surface area contributed by atoms with Gasteiger partial charge in [-0.25, -0.2) is 14.8 Å². The minimum Gasteiger partial charge on any atom is -0.476 e. The minimum absolute atomic E-state index is 0.179. The zero-order valence-corrected chi connectivity index (χ0v) is 18.0. The maximum absolute atomic E-state index is 14.3. The van der Waals surface area contributed by atoms with Crippen molar-refractivity contribution in [2.45, 2.75) is 25.3 Å². The van der Waals surface area contributed by atoms with Crippen LogP contribution in [0.25, 0.3) is 5.65 Å². The molecule has 1 aromatic carbocycles. The molecule has 1 atom stereocenters. The molecule has 11 heteroatoms. The van der Waals surface area contributed by atoms with Gasteiger partial charge in [0.05, 0.1) is 5.69 Å². The zero-order chi connectivity index (χ0) is 24.7. The molecule has 0 bridgehead atoms. The van der Waals surface area contributed by atoms with Crippen molar-refractivity contribution in [3.8, 4) is 0 Å². The first kappa shape index (κ1) is 22.4. The Kier molecular flexibility index (Phi) is 5.39. The molecule has 8 nitrogen and oxygen atoms in total. The number of anilines is 2. The standard InChI is InChI=1S/C24H18F3N5O3/c25-24(26,27)21(29-17-8-3-9-28-20(17)23(34)35)16-7-4-10-32-19(33)11-18(30-22(16)32)31-12-14-5-1-2-6-15(14)13-31/h1-11,21,29H,12-13H2,(H,34,35)/t21-/m0/s1. The van der Waals surface area contributed by atoms with Crippen LogP contribution in [0.15, 0.2) is 71.8 Å². The molecule has 0 spiro atoms. The van der Waals surface area contributed by atoms with E-state index in [1.54, 1.807) is 0 Å². The van der Waals surface area contributed by atoms with Crippen LogP contribution in [0.2, 0.25) is 0 Å². The number of rotatable bonds is 5. The highest BCUT2D eigenvalue weighted by atomic mass is 19.4. The zero-order valence-electron chi connectivity index (χ0n) is 18.0. The number of nitrogens with zero attached hydrogens (tertiary/aromatic N) is 4. The van der Waals surface area contributed by atoms with Gasteiger partial charge in [0.15, 0.2) is 11.7 Å². The third-order valence-electron chi connectivity index (χ3n) is 5.82. The Morgan fingerprint density at radius 2 is 1.77 bits per heavy atom. The lowest BCUT2D eigenvalue weighted by Crippen LogP contribution is -2.30. The van der Waals surface area contributed by atoms with Gasteiger partial charge in [0.1, 0.15) is 11.5 Å². The molecule has 0 radical (unpaired) electrons. The molecular formula is C24H18F3N5O3. The number of aromatic carboxylic acids is 1. The Bertz CT molecular complexity index is 1480. The number of carboxylic acids is 1. The highest BCUT2D eigenvalue weighted by Gasteiger charge is 2.43. The first-order valence-electron chi connectivity index (χ1n) is 10.6. The molecule has 1 aliphatic heterocycles. The van der Waals surface area contributed by atoms with Gasteiger partial charge >= 0.3 is 12.1 Å². The van der Waals surface area contributed by atoms with Crippen LogP contribution < -0.4 is 15.8 Å². The van der Waals surface area contributed by atoms with E-state index in [4.69, 9.17) is 0 Å². The average molecular weight is 481 g/mol. The summed E-state index contributed by atoms with van der Waals surface area (Å²) in [6, 6.07) is 11.7. The Labute approximate surface area is 196 Å². The van der Waals surface area contributed by atoms with Crippen LogP contribution in [0.4, 0.5) is 24.7 Å². The number of hydrogen-bond donors (Lipinski definition) is 2. The summed E-state index contributed by atoms with van der Waals surface area (Å²) in [5, 5.41) is 11.6. The molecule has 0 fully saturated rings. The Morgan fingerprint density at radius 1 is 1.06 bits per heavy atom. The summed E-state index contributed by atoms with van der Waals surface area (Å²) in [5.74, 6) is -1.22. The molecule has 4 aromatic rings. The molecule has 0 aliphatic carbocycles. The lowest BCUT2D eigenvalue weighted by Gasteiger charge is -2.25. The monoisotopic (exact) mass is 481 g/mol. The van der Waals surface area contributed by atoms with Crippen molar-refractivity contribution in [2.75, 3.05) is 10.2 Å². The number of alkyl halides is 3. The van der Waals surface area contributed by atoms with Gasteiger partial charge in [0.2, 0.25) is 0 Å². The highest BCUT2D eigenvalue weighted by molar-refractivity contribution is 5.92. The van der Waals surface area contributed by atoms with Gasteiger partial charge in [-0.2, -0.15) is 13.2 Å². The normalized spacial score (nSPS) is 14.1. The predicted octanol–water partition coefficient (Wildman–Crippen LogP) is 4.02. The number of hydrogen-bond acceptors (Lipinski definition) is 6. The summed E-state index contributed by atoms with van der Waals surface area (Å²) in [7, 11) is 0. The van der Waals surface area contributed by atoms with Crippen LogP contribution in [0.1, 0.15) is 33.2 Å². The topological polar surface area (TPSA) is 99.8 Å². The van der Waals surface area contributed by atoms with Crippen molar-refractivity contribution in [1.29, 1.82) is 0 Å². The second kappa shape index (κ2) is 8.42. The molecule has 3 aromatic heterocycles. The smallest absolute Gasteiger partial charge is 0.412 e. The molecule has 1 aliphatic rings. The summed E-state index contributed by atoms with van der Waals surface area (Å²) in [5.41, 5.74) is 0.208. The molecule has 5 rings (SSSR count). The van der Waals surface area contributed by atoms with Crippen LogP contribution >= 0.6 is 0 Å². The van der Waals surface area contributed by atoms with Gasteiger partial charge in [0.25, 0.3) is 5.56 Å². The molecular weight excluding hydrogens is 463 g/mol. The van der Waals surface area contributed by atoms with Crippen LogP contribution in [0.3, 0.4) is 0 Å². The Morgan fingerprint density at radius 3 is 2.43 bits per heavy atom. The van der Waals surface area contributed by atoms with E-state index in [1.165, 1.54) is 42.7 Å². The van der Waals surface area contributed by atoms with Gasteiger partial charge in [-0.15, -0.1) is 0 Å². The van der Waals surface area contributed by atoms with Gasteiger partial charge in [0, 0.05) is 37.1 Å². The van der Waals surface area contributed by atoms with Crippen LogP contribution in [-0.2, 0) is 13.1 Å². The third-order valence-corrected chi connectivity index (χ3v) is 5.82. The molecule has 178 valence electrons. The maximum atomic E-state index is 14.3. The van der Waals surface area contributed by atoms with E-state index in [-0.39, 0.29) is 22.7 Å². The molecule has 0 amide bonds. The maximum Gasteiger partial charge on any atom is 0.412 e. The third kappa shape index (κ3) is 4.16. The van der Waals surface area contributed by atoms with Crippen molar-refractivity contribution in [3.05, 3.63) is 99.7 Å². The summed E-state index contributed by atoms with van der Waals surface area (Å²) in [6.07, 6.45) is -2.32. The number of pyridine rings is 2. The highest BCUT2D eigenvalue weighted by Crippen LogP contribution is 2.38. The lowest BCUT2D eigenvalue weighted by molar-refractivity contribution is -0.143. The van der Waals surface area contributed by atoms with E-state index in [9.17, 15) is 27.9 Å². The van der Waals surface area contributed by atoms with Crippen molar-refractivity contribution < 1.29 is 23.1 Å². The van der Waals surface area contributed by atoms with Gasteiger partial charge in [-0.1, -0.05) is 30.3 Å². The van der Waals surface area contributed by atoms with Crippen molar-refractivity contribution in [3.63, 3.8) is 0 Å². The van der Waals surface area contributed by atoms with E-state index >= 15 is 0 Å². The van der Waals surface area contributed by atoms with Crippen LogP contribution in [0.5, 0.6) is 0 Å². The predicted molar refractivity (Wildman–Crippen MR) is 121 cm³/mol. The van der Waals surface area contributed by atoms with Gasteiger partial charge in [-0.05, 0) is 29.3 Å². The van der Waals surface area contributed by atoms with E-state index in [0.29, 0.717) is 13.1 Å². The van der Waals surface area contributed by atoms with E-state index < -0.39 is 29.4 Å². The molecule has 35 heavy (non-hydrogen) atoms. The summed E-state index contributed by atoms with van der Waals surface area (Å²) < 4.78 is 43.9. The van der Waals surface area contributed by atoms with Crippen molar-refractivity contribution >= 4 is 23.1 Å². The fourth-order valence-corrected chi connectivity index (χ4v) is 4.20. The number of aromatic nitrogens is 3. The average Bonchev–Trinajstić information content (AvgIpc) is 3.26. The van der Waals surface area contributed by atoms with Crippen LogP contribution in [0, 0.1) is 0 Å². The van der Waals surface area contributed by atoms with E-state index in [1.807, 2.05) is 29.2 Å². The second-order valence-corrected chi connectivity index (χ2v) is 8.06. The fourth-order valence-electron chi connectivity index (χ4n) is 4.20. The summed E-state index contributed by atoms with van der Waals surface area (Å²) in [6.45, 7) is 0.944. The summed E-state index contributed by atoms with van der Waals surface area (Å²) in [4.78, 5) is 34.3. The molecule has 4 heterocycles. The SMILES string of the molecule is O=C(O)c1ncccc1N[C@@H](c1cccn2c(=O)cc(N3Cc4ccccc4C3)nc12)C(F)(F)F. The largest absolute Gasteiger partial charge is 0.476 e. The Balaban J connectivity index is 1.62. The van der Waals surface area contributed by atoms with E-state index in [0.717, 1.165) is 15.5 Å². The number of nitrogens with one attached hydrogen (secondary N) is 1. The van der Waals surface area contributed by atoms with Crippen molar-refractivity contribution in [1.82, 2.24) is 14.4 Å².